The highest BCUT2D eigenvalue weighted by atomic mass is 31.2. The van der Waals surface area contributed by atoms with Gasteiger partial charge in [0.25, 0.3) is 0 Å². The van der Waals surface area contributed by atoms with Crippen molar-refractivity contribution in [1.82, 2.24) is 0 Å². The predicted molar refractivity (Wildman–Crippen MR) is 335 cm³/mol. The van der Waals surface area contributed by atoms with Gasteiger partial charge in [0.15, 0.2) is 6.10 Å². The van der Waals surface area contributed by atoms with E-state index in [-0.39, 0.29) is 19.3 Å². The molecule has 0 spiro atoms. The topological polar surface area (TPSA) is 231 Å². The Morgan fingerprint density at radius 1 is 0.349 bits per heavy atom. The van der Waals surface area contributed by atoms with Crippen molar-refractivity contribution in [3.8, 4) is 0 Å². The summed E-state index contributed by atoms with van der Waals surface area (Å²) in [6.07, 6.45) is 58.5. The van der Waals surface area contributed by atoms with E-state index < -0.39 is 91.5 Å². The minimum Gasteiger partial charge on any atom is -0.463 e. The van der Waals surface area contributed by atoms with Crippen LogP contribution in [0.3, 0.4) is 0 Å². The van der Waals surface area contributed by atoms with Crippen molar-refractivity contribution in [2.24, 2.45) is 0 Å². The van der Waals surface area contributed by atoms with Crippen LogP contribution < -0.4 is 0 Å². The molecule has 0 aromatic rings. The van der Waals surface area contributed by atoms with Gasteiger partial charge in [-0.05, 0) is 83.5 Å². The molecule has 0 saturated carbocycles. The summed E-state index contributed by atoms with van der Waals surface area (Å²) in [5.41, 5.74) is 0. The van der Waals surface area contributed by atoms with Crippen LogP contribution in [0.1, 0.15) is 278 Å². The van der Waals surface area contributed by atoms with E-state index in [2.05, 4.69) is 81.5 Å². The maximum absolute atomic E-state index is 12.9. The summed E-state index contributed by atoms with van der Waals surface area (Å²) in [6.45, 7) is 2.53. The quantitative estimate of drug-likeness (QED) is 0.0146. The van der Waals surface area contributed by atoms with Crippen molar-refractivity contribution in [3.05, 3.63) is 60.8 Å². The number of allylic oxidation sites excluding steroid dienone is 10. The molecule has 0 amide bonds. The van der Waals surface area contributed by atoms with Crippen LogP contribution in [0.5, 0.6) is 0 Å². The van der Waals surface area contributed by atoms with Crippen LogP contribution in [-0.4, -0.2) is 95.9 Å². The molecule has 0 aromatic heterocycles. The monoisotopic (exact) mass is 1220 g/mol. The lowest BCUT2D eigenvalue weighted by Gasteiger charge is -2.21. The third-order valence-corrected chi connectivity index (χ3v) is 15.6. The number of phosphoric ester groups is 2. The molecule has 0 aliphatic heterocycles. The molecule has 18 heteroatoms. The Labute approximate surface area is 503 Å². The van der Waals surface area contributed by atoms with Crippen LogP contribution in [-0.2, 0) is 55.8 Å². The van der Waals surface area contributed by atoms with Gasteiger partial charge in [-0.2, -0.15) is 0 Å². The lowest BCUT2D eigenvalue weighted by molar-refractivity contribution is -0.161. The van der Waals surface area contributed by atoms with Crippen molar-refractivity contribution < 1.29 is 75.8 Å². The molecule has 4 N–H and O–H groups in total. The van der Waals surface area contributed by atoms with E-state index in [0.717, 1.165) is 116 Å². The fraction of sp³-hybridized carbons (Fsp3) is 0.800. The van der Waals surface area contributed by atoms with Crippen molar-refractivity contribution in [2.75, 3.05) is 39.6 Å². The molecule has 83 heavy (non-hydrogen) atoms. The van der Waals surface area contributed by atoms with E-state index in [9.17, 15) is 43.5 Å². The van der Waals surface area contributed by atoms with Gasteiger partial charge in [0.1, 0.15) is 25.4 Å². The zero-order valence-electron chi connectivity index (χ0n) is 52.1. The van der Waals surface area contributed by atoms with Crippen LogP contribution in [0.15, 0.2) is 60.8 Å². The zero-order valence-corrected chi connectivity index (χ0v) is 53.9. The maximum atomic E-state index is 12.9. The van der Waals surface area contributed by atoms with Gasteiger partial charge < -0.3 is 34.2 Å². The van der Waals surface area contributed by atoms with Crippen LogP contribution in [0.4, 0.5) is 0 Å². The Morgan fingerprint density at radius 2 is 0.639 bits per heavy atom. The molecular formula is C65H118O16P2. The van der Waals surface area contributed by atoms with Crippen LogP contribution in [0, 0.1) is 0 Å². The number of phosphoric acid groups is 2. The number of unbranched alkanes of at least 4 members (excludes halogenated alkanes) is 29. The van der Waals surface area contributed by atoms with Gasteiger partial charge in [-0.25, -0.2) is 9.13 Å². The highest BCUT2D eigenvalue weighted by molar-refractivity contribution is 7.47. The van der Waals surface area contributed by atoms with Gasteiger partial charge in [0.05, 0.1) is 26.4 Å². The predicted octanol–water partition coefficient (Wildman–Crippen LogP) is 17.4. The van der Waals surface area contributed by atoms with Crippen molar-refractivity contribution >= 4 is 33.6 Å². The number of hydrogen-bond acceptors (Lipinski definition) is 14. The Morgan fingerprint density at radius 3 is 1.02 bits per heavy atom. The smallest absolute Gasteiger partial charge is 0.463 e. The number of esters is 3. The third-order valence-electron chi connectivity index (χ3n) is 13.7. The van der Waals surface area contributed by atoms with Crippen LogP contribution in [0.2, 0.25) is 0 Å². The average molecular weight is 1220 g/mol. The van der Waals surface area contributed by atoms with E-state index in [1.807, 2.05) is 0 Å². The molecule has 0 heterocycles. The summed E-state index contributed by atoms with van der Waals surface area (Å²) in [6, 6.07) is 0. The maximum Gasteiger partial charge on any atom is 0.472 e. The fourth-order valence-electron chi connectivity index (χ4n) is 8.73. The summed E-state index contributed by atoms with van der Waals surface area (Å²) < 4.78 is 60.8. The van der Waals surface area contributed by atoms with Crippen molar-refractivity contribution in [2.45, 2.75) is 296 Å². The number of hydrogen-bond donors (Lipinski definition) is 4. The lowest BCUT2D eigenvalue weighted by Crippen LogP contribution is -2.30. The molecule has 5 atom stereocenters. The first kappa shape index (κ1) is 80.2. The summed E-state index contributed by atoms with van der Waals surface area (Å²) in [5.74, 6) is -1.59. The number of ether oxygens (including phenoxy) is 3. The van der Waals surface area contributed by atoms with E-state index in [4.69, 9.17) is 32.3 Å². The molecule has 0 aliphatic rings. The zero-order chi connectivity index (χ0) is 61.0. The van der Waals surface area contributed by atoms with Gasteiger partial charge in [0, 0.05) is 19.3 Å². The number of aliphatic hydroxyl groups is 2. The number of aliphatic hydroxyl groups excluding tert-OH is 2. The second kappa shape index (κ2) is 59.6. The van der Waals surface area contributed by atoms with Gasteiger partial charge in [-0.3, -0.25) is 32.5 Å². The molecule has 0 fully saturated rings. The standard InChI is InChI=1S/C65H118O16P2/c1-4-7-10-13-16-19-22-25-28-29-32-34-36-39-42-45-48-51-63(68)75-54-60(66)55-77-82(71,72)78-56-61(67)57-79-83(73,74)80-59-62(81-65(70)53-50-47-44-41-38-35-31-27-24-21-18-15-12-9-6-3)58-76-64(69)52-49-46-43-40-37-33-30-26-23-20-17-14-11-8-5-2/h7,10,16,19,25-26,28,30,32,34,60-62,66-67H,4-6,8-9,11-15,17-18,20-24,27,29,31,33,35-59H2,1-3H3,(H,71,72)(H,73,74)/b10-7-,19-16-,28-25-,30-26-,34-32-. The third kappa shape index (κ3) is 60.7. The minimum atomic E-state index is -4.92. The van der Waals surface area contributed by atoms with Gasteiger partial charge in [-0.15, -0.1) is 0 Å². The van der Waals surface area contributed by atoms with Gasteiger partial charge in [0.2, 0.25) is 0 Å². The lowest BCUT2D eigenvalue weighted by atomic mass is 10.0. The van der Waals surface area contributed by atoms with Crippen molar-refractivity contribution in [1.29, 1.82) is 0 Å². The molecule has 0 radical (unpaired) electrons. The van der Waals surface area contributed by atoms with E-state index in [1.54, 1.807) is 0 Å². The highest BCUT2D eigenvalue weighted by Gasteiger charge is 2.29. The molecule has 16 nitrogen and oxygen atoms in total. The van der Waals surface area contributed by atoms with Gasteiger partial charge in [-0.1, -0.05) is 236 Å². The SMILES string of the molecule is CC/C=C\C/C=C\C/C=C\C/C=C\CCCCCCC(=O)OCC(O)COP(=O)(O)OCC(O)COP(=O)(O)OCC(COC(=O)CCCCCCC/C=C\CCCCCCCC)OC(=O)CCCCCCCCCCCCCCCCC. The van der Waals surface area contributed by atoms with E-state index >= 15 is 0 Å². The molecule has 0 saturated heterocycles. The summed E-state index contributed by atoms with van der Waals surface area (Å²) in [5, 5.41) is 20.5. The summed E-state index contributed by atoms with van der Waals surface area (Å²) >= 11 is 0. The first-order chi connectivity index (χ1) is 40.2. The second-order valence-electron chi connectivity index (χ2n) is 21.9. The molecular weight excluding hydrogens is 1100 g/mol. The first-order valence-electron chi connectivity index (χ1n) is 32.6. The first-order valence-corrected chi connectivity index (χ1v) is 35.6. The van der Waals surface area contributed by atoms with Gasteiger partial charge >= 0.3 is 33.6 Å². The largest absolute Gasteiger partial charge is 0.472 e. The molecule has 0 bridgehead atoms. The second-order valence-corrected chi connectivity index (χ2v) is 24.8. The fourth-order valence-corrected chi connectivity index (χ4v) is 10.3. The summed E-state index contributed by atoms with van der Waals surface area (Å²) in [7, 11) is -9.76. The molecule has 0 aliphatic carbocycles. The molecule has 5 unspecified atom stereocenters. The van der Waals surface area contributed by atoms with Crippen LogP contribution >= 0.6 is 15.6 Å². The summed E-state index contributed by atoms with van der Waals surface area (Å²) in [4.78, 5) is 58.2. The highest BCUT2D eigenvalue weighted by Crippen LogP contribution is 2.45. The van der Waals surface area contributed by atoms with Crippen LogP contribution in [0.25, 0.3) is 0 Å². The van der Waals surface area contributed by atoms with E-state index in [1.165, 1.54) is 103 Å². The van der Waals surface area contributed by atoms with Crippen molar-refractivity contribution in [3.63, 3.8) is 0 Å². The minimum absolute atomic E-state index is 0.108. The Kier molecular flexibility index (Phi) is 57.6. The molecule has 0 rings (SSSR count). The number of carbonyl (C=O) groups is 3. The van der Waals surface area contributed by atoms with E-state index in [0.29, 0.717) is 19.3 Å². The Hall–Kier alpha value is -2.75. The number of rotatable bonds is 62. The number of carbonyl (C=O) groups excluding carboxylic acids is 3. The molecule has 484 valence electrons. The average Bonchev–Trinajstić information content (AvgIpc) is 3.47. The Balaban J connectivity index is 4.69. The molecule has 0 aromatic carbocycles. The Bertz CT molecular complexity index is 1770. The normalized spacial score (nSPS) is 14.7.